The van der Waals surface area contributed by atoms with E-state index in [0.29, 0.717) is 26.4 Å². The highest BCUT2D eigenvalue weighted by molar-refractivity contribution is 5.73. The average Bonchev–Trinajstić information content (AvgIpc) is 3.41. The van der Waals surface area contributed by atoms with Gasteiger partial charge in [0.25, 0.3) is 0 Å². The van der Waals surface area contributed by atoms with Crippen molar-refractivity contribution in [3.8, 4) is 0 Å². The maximum Gasteiger partial charge on any atom is 0.215 e. The molecule has 1 aliphatic heterocycles. The maximum atomic E-state index is 6.46. The van der Waals surface area contributed by atoms with Gasteiger partial charge in [-0.25, -0.2) is 4.68 Å². The molecule has 3 aromatic carbocycles. The molecule has 0 unspecified atom stereocenters. The summed E-state index contributed by atoms with van der Waals surface area (Å²) in [6.45, 7) is 1.87. The minimum Gasteiger partial charge on any atom is -0.374 e. The van der Waals surface area contributed by atoms with Crippen LogP contribution < -0.4 is 0 Å². The Morgan fingerprint density at radius 3 is 2.50 bits per heavy atom. The van der Waals surface area contributed by atoms with Crippen LogP contribution in [-0.4, -0.2) is 34.3 Å². The van der Waals surface area contributed by atoms with E-state index in [2.05, 4.69) is 22.4 Å². The van der Waals surface area contributed by atoms with Gasteiger partial charge in [0.05, 0.1) is 25.3 Å². The monoisotopic (exact) mass is 401 g/mol. The van der Waals surface area contributed by atoms with Crippen LogP contribution in [0.25, 0.3) is 11.0 Å². The van der Waals surface area contributed by atoms with Gasteiger partial charge in [0.1, 0.15) is 18.2 Å². The third-order valence-electron chi connectivity index (χ3n) is 5.27. The van der Waals surface area contributed by atoms with Crippen LogP contribution in [-0.2, 0) is 33.1 Å². The quantitative estimate of drug-likeness (QED) is 0.470. The summed E-state index contributed by atoms with van der Waals surface area (Å²) in [5, 5.41) is 8.60. The predicted octanol–water partition coefficient (Wildman–Crippen LogP) is 3.92. The molecule has 0 amide bonds. The van der Waals surface area contributed by atoms with Crippen LogP contribution in [0.15, 0.2) is 84.9 Å². The number of aromatic nitrogens is 3. The second kappa shape index (κ2) is 8.36. The highest BCUT2D eigenvalue weighted by Crippen LogP contribution is 2.36. The molecule has 2 atom stereocenters. The number of rotatable bonds is 7. The molecule has 30 heavy (non-hydrogen) atoms. The smallest absolute Gasteiger partial charge is 0.215 e. The largest absolute Gasteiger partial charge is 0.374 e. The Balaban J connectivity index is 1.34. The predicted molar refractivity (Wildman–Crippen MR) is 113 cm³/mol. The highest BCUT2D eigenvalue weighted by atomic mass is 16.8. The van der Waals surface area contributed by atoms with Crippen LogP contribution in [0.5, 0.6) is 0 Å². The van der Waals surface area contributed by atoms with E-state index in [1.807, 2.05) is 77.5 Å². The SMILES string of the molecule is c1ccc(COC[C@H]2CO[C@](Cn3nnc4ccccc43)(c3ccccc3)O2)cc1. The molecule has 0 spiro atoms. The number of fused-ring (bicyclic) bond motifs is 1. The number of hydrogen-bond acceptors (Lipinski definition) is 5. The molecular weight excluding hydrogens is 378 g/mol. The first-order valence-corrected chi connectivity index (χ1v) is 10.1. The summed E-state index contributed by atoms with van der Waals surface area (Å²) in [5.74, 6) is -0.932. The van der Waals surface area contributed by atoms with Gasteiger partial charge in [-0.15, -0.1) is 5.10 Å². The topological polar surface area (TPSA) is 58.4 Å². The van der Waals surface area contributed by atoms with Gasteiger partial charge < -0.3 is 14.2 Å². The van der Waals surface area contributed by atoms with E-state index in [0.717, 1.165) is 22.2 Å². The van der Waals surface area contributed by atoms with Gasteiger partial charge >= 0.3 is 0 Å². The Hall–Kier alpha value is -3.06. The van der Waals surface area contributed by atoms with E-state index < -0.39 is 5.79 Å². The lowest BCUT2D eigenvalue weighted by molar-refractivity contribution is -0.193. The normalized spacial score (nSPS) is 21.3. The summed E-state index contributed by atoms with van der Waals surface area (Å²) >= 11 is 0. The molecule has 152 valence electrons. The first-order valence-electron chi connectivity index (χ1n) is 10.1. The molecule has 6 nitrogen and oxygen atoms in total. The minimum atomic E-state index is -0.932. The number of benzene rings is 3. The Labute approximate surface area is 175 Å². The highest BCUT2D eigenvalue weighted by Gasteiger charge is 2.44. The van der Waals surface area contributed by atoms with Crippen molar-refractivity contribution >= 4 is 11.0 Å². The fourth-order valence-electron chi connectivity index (χ4n) is 3.78. The minimum absolute atomic E-state index is 0.163. The maximum absolute atomic E-state index is 6.46. The molecule has 2 heterocycles. The molecule has 0 aliphatic carbocycles. The van der Waals surface area contributed by atoms with Crippen LogP contribution >= 0.6 is 0 Å². The number of nitrogens with zero attached hydrogens (tertiary/aromatic N) is 3. The van der Waals surface area contributed by atoms with Crippen molar-refractivity contribution in [2.45, 2.75) is 25.0 Å². The molecule has 4 aromatic rings. The van der Waals surface area contributed by atoms with Crippen molar-refractivity contribution in [2.75, 3.05) is 13.2 Å². The number of hydrogen-bond donors (Lipinski definition) is 0. The first kappa shape index (κ1) is 18.9. The lowest BCUT2D eigenvalue weighted by Crippen LogP contribution is -2.34. The lowest BCUT2D eigenvalue weighted by atomic mass is 10.1. The summed E-state index contributed by atoms with van der Waals surface area (Å²) in [5.41, 5.74) is 3.89. The Kier molecular flexibility index (Phi) is 5.27. The van der Waals surface area contributed by atoms with Crippen LogP contribution in [0.2, 0.25) is 0 Å². The number of ether oxygens (including phenoxy) is 3. The van der Waals surface area contributed by atoms with Crippen molar-refractivity contribution < 1.29 is 14.2 Å². The Bertz CT molecular complexity index is 1100. The van der Waals surface area contributed by atoms with Gasteiger partial charge in [0, 0.05) is 5.56 Å². The van der Waals surface area contributed by atoms with E-state index in [4.69, 9.17) is 14.2 Å². The summed E-state index contributed by atoms with van der Waals surface area (Å²) < 4.78 is 20.5. The fraction of sp³-hybridized carbons (Fsp3) is 0.250. The standard InChI is InChI=1S/C24H23N3O3/c1-3-9-19(10-4-1)15-28-16-21-17-29-24(30-21,20-11-5-2-6-12-20)18-27-23-14-8-7-13-22(23)25-26-27/h1-14,21H,15-18H2/t21-,24-/m0/s1. The average molecular weight is 401 g/mol. The van der Waals surface area contributed by atoms with E-state index in [1.54, 1.807) is 0 Å². The van der Waals surface area contributed by atoms with Crippen molar-refractivity contribution in [1.29, 1.82) is 0 Å². The van der Waals surface area contributed by atoms with Crippen LogP contribution in [0.3, 0.4) is 0 Å². The second-order valence-electron chi connectivity index (χ2n) is 7.41. The van der Waals surface area contributed by atoms with E-state index in [9.17, 15) is 0 Å². The van der Waals surface area contributed by atoms with Gasteiger partial charge in [0.2, 0.25) is 5.79 Å². The van der Waals surface area contributed by atoms with Gasteiger partial charge in [-0.1, -0.05) is 78.0 Å². The van der Waals surface area contributed by atoms with Crippen molar-refractivity contribution in [1.82, 2.24) is 15.0 Å². The van der Waals surface area contributed by atoms with Crippen molar-refractivity contribution in [3.05, 3.63) is 96.1 Å². The molecule has 0 radical (unpaired) electrons. The second-order valence-corrected chi connectivity index (χ2v) is 7.41. The third kappa shape index (κ3) is 3.85. The fourth-order valence-corrected chi connectivity index (χ4v) is 3.78. The summed E-state index contributed by atoms with van der Waals surface area (Å²) in [7, 11) is 0. The molecule has 1 aromatic heterocycles. The summed E-state index contributed by atoms with van der Waals surface area (Å²) in [6, 6.07) is 28.0. The van der Waals surface area contributed by atoms with E-state index in [-0.39, 0.29) is 6.10 Å². The van der Waals surface area contributed by atoms with Gasteiger partial charge in [-0.3, -0.25) is 0 Å². The zero-order chi connectivity index (χ0) is 20.2. The first-order chi connectivity index (χ1) is 14.8. The molecule has 0 N–H and O–H groups in total. The Morgan fingerprint density at radius 1 is 0.933 bits per heavy atom. The van der Waals surface area contributed by atoms with Crippen LogP contribution in [0.4, 0.5) is 0 Å². The third-order valence-corrected chi connectivity index (χ3v) is 5.27. The van der Waals surface area contributed by atoms with E-state index >= 15 is 0 Å². The Morgan fingerprint density at radius 2 is 1.67 bits per heavy atom. The van der Waals surface area contributed by atoms with Gasteiger partial charge in [0.15, 0.2) is 0 Å². The molecule has 1 fully saturated rings. The summed E-state index contributed by atoms with van der Waals surface area (Å²) in [6.07, 6.45) is -0.163. The number of para-hydroxylation sites is 1. The van der Waals surface area contributed by atoms with Crippen LogP contribution in [0, 0.1) is 0 Å². The van der Waals surface area contributed by atoms with Gasteiger partial charge in [-0.2, -0.15) is 0 Å². The molecule has 1 saturated heterocycles. The van der Waals surface area contributed by atoms with Crippen LogP contribution in [0.1, 0.15) is 11.1 Å². The van der Waals surface area contributed by atoms with Crippen molar-refractivity contribution in [3.63, 3.8) is 0 Å². The lowest BCUT2D eigenvalue weighted by Gasteiger charge is -2.28. The molecule has 0 saturated carbocycles. The molecular formula is C24H23N3O3. The van der Waals surface area contributed by atoms with E-state index in [1.165, 1.54) is 0 Å². The molecule has 0 bridgehead atoms. The zero-order valence-corrected chi connectivity index (χ0v) is 16.6. The molecule has 6 heteroatoms. The molecule has 5 rings (SSSR count). The van der Waals surface area contributed by atoms with Crippen molar-refractivity contribution in [2.24, 2.45) is 0 Å². The molecule has 1 aliphatic rings. The summed E-state index contributed by atoms with van der Waals surface area (Å²) in [4.78, 5) is 0. The zero-order valence-electron chi connectivity index (χ0n) is 16.6. The van der Waals surface area contributed by atoms with Gasteiger partial charge in [-0.05, 0) is 17.7 Å².